The van der Waals surface area contributed by atoms with Crippen LogP contribution < -0.4 is 11.1 Å². The first-order chi connectivity index (χ1) is 13.4. The Labute approximate surface area is 162 Å². The highest BCUT2D eigenvalue weighted by Crippen LogP contribution is 2.27. The maximum atomic E-state index is 12.9. The van der Waals surface area contributed by atoms with Crippen molar-refractivity contribution in [1.29, 1.82) is 0 Å². The van der Waals surface area contributed by atoms with Crippen LogP contribution >= 0.6 is 0 Å². The fraction of sp³-hybridized carbons (Fsp3) is 0.368. The molecule has 9 nitrogen and oxygen atoms in total. The molecule has 0 fully saturated rings. The van der Waals surface area contributed by atoms with Gasteiger partial charge in [-0.05, 0) is 31.5 Å². The Balaban J connectivity index is 1.99. The molecule has 0 saturated heterocycles. The van der Waals surface area contributed by atoms with Gasteiger partial charge in [-0.25, -0.2) is 14.6 Å². The SMILES string of the molecule is COCc1ccc(NC(=O)c2nn(C(C)(C)COC)c3ncnc(N)c23)cc1. The van der Waals surface area contributed by atoms with E-state index >= 15 is 0 Å². The molecule has 0 aliphatic carbocycles. The quantitative estimate of drug-likeness (QED) is 0.641. The molecule has 0 radical (unpaired) electrons. The number of benzene rings is 1. The summed E-state index contributed by atoms with van der Waals surface area (Å²) >= 11 is 0. The third-order valence-corrected chi connectivity index (χ3v) is 4.30. The Bertz CT molecular complexity index is 981. The molecular formula is C19H24N6O3. The number of fused-ring (bicyclic) bond motifs is 1. The number of anilines is 2. The van der Waals surface area contributed by atoms with Crippen molar-refractivity contribution in [1.82, 2.24) is 19.7 Å². The largest absolute Gasteiger partial charge is 0.383 e. The third kappa shape index (κ3) is 3.80. The van der Waals surface area contributed by atoms with Gasteiger partial charge in [0.1, 0.15) is 12.1 Å². The number of nitrogens with one attached hydrogen (secondary N) is 1. The smallest absolute Gasteiger partial charge is 0.277 e. The fourth-order valence-corrected chi connectivity index (χ4v) is 3.01. The number of carbonyl (C=O) groups is 1. The zero-order valence-corrected chi connectivity index (χ0v) is 16.4. The first kappa shape index (κ1) is 19.7. The monoisotopic (exact) mass is 384 g/mol. The van der Waals surface area contributed by atoms with Crippen LogP contribution in [0, 0.1) is 0 Å². The van der Waals surface area contributed by atoms with E-state index in [1.165, 1.54) is 6.33 Å². The summed E-state index contributed by atoms with van der Waals surface area (Å²) in [5.74, 6) is -0.192. The van der Waals surface area contributed by atoms with Crippen LogP contribution in [0.2, 0.25) is 0 Å². The van der Waals surface area contributed by atoms with Gasteiger partial charge in [-0.1, -0.05) is 12.1 Å². The van der Waals surface area contributed by atoms with E-state index in [-0.39, 0.29) is 11.5 Å². The number of hydrogen-bond donors (Lipinski definition) is 2. The number of amides is 1. The highest BCUT2D eigenvalue weighted by molar-refractivity contribution is 6.13. The Kier molecular flexibility index (Phi) is 5.57. The molecule has 9 heteroatoms. The van der Waals surface area contributed by atoms with Crippen molar-refractivity contribution in [3.05, 3.63) is 41.9 Å². The predicted octanol–water partition coefficient (Wildman–Crippen LogP) is 2.19. The Morgan fingerprint density at radius 3 is 2.54 bits per heavy atom. The lowest BCUT2D eigenvalue weighted by atomic mass is 10.1. The van der Waals surface area contributed by atoms with E-state index in [9.17, 15) is 4.79 Å². The molecule has 3 aromatic rings. The maximum Gasteiger partial charge on any atom is 0.277 e. The Morgan fingerprint density at radius 1 is 1.18 bits per heavy atom. The maximum absolute atomic E-state index is 12.9. The summed E-state index contributed by atoms with van der Waals surface area (Å²) in [6.45, 7) is 4.77. The molecule has 0 aliphatic rings. The van der Waals surface area contributed by atoms with E-state index in [0.29, 0.717) is 29.9 Å². The second-order valence-electron chi connectivity index (χ2n) is 7.05. The van der Waals surface area contributed by atoms with Crippen LogP contribution in [0.15, 0.2) is 30.6 Å². The average molecular weight is 384 g/mol. The highest BCUT2D eigenvalue weighted by Gasteiger charge is 2.29. The lowest BCUT2D eigenvalue weighted by Crippen LogP contribution is -2.33. The van der Waals surface area contributed by atoms with E-state index in [2.05, 4.69) is 20.4 Å². The first-order valence-corrected chi connectivity index (χ1v) is 8.75. The molecule has 3 rings (SSSR count). The first-order valence-electron chi connectivity index (χ1n) is 8.75. The van der Waals surface area contributed by atoms with Crippen molar-refractivity contribution >= 4 is 28.4 Å². The van der Waals surface area contributed by atoms with Crippen LogP contribution in [-0.2, 0) is 21.6 Å². The van der Waals surface area contributed by atoms with Crippen molar-refractivity contribution < 1.29 is 14.3 Å². The van der Waals surface area contributed by atoms with Gasteiger partial charge in [0.2, 0.25) is 0 Å². The van der Waals surface area contributed by atoms with E-state index in [1.807, 2.05) is 26.0 Å². The molecule has 0 aliphatic heterocycles. The lowest BCUT2D eigenvalue weighted by Gasteiger charge is -2.24. The number of rotatable bonds is 7. The van der Waals surface area contributed by atoms with Gasteiger partial charge in [-0.15, -0.1) is 0 Å². The molecule has 0 saturated carbocycles. The number of nitrogens with two attached hydrogens (primary N) is 1. The van der Waals surface area contributed by atoms with Gasteiger partial charge in [0, 0.05) is 19.9 Å². The second-order valence-corrected chi connectivity index (χ2v) is 7.05. The number of hydrogen-bond acceptors (Lipinski definition) is 7. The summed E-state index contributed by atoms with van der Waals surface area (Å²) in [5.41, 5.74) is 7.80. The number of ether oxygens (including phenoxy) is 2. The van der Waals surface area contributed by atoms with Gasteiger partial charge < -0.3 is 20.5 Å². The molecule has 0 spiro atoms. The number of nitrogens with zero attached hydrogens (tertiary/aromatic N) is 4. The van der Waals surface area contributed by atoms with Crippen molar-refractivity contribution in [3.8, 4) is 0 Å². The summed E-state index contributed by atoms with van der Waals surface area (Å²) in [5, 5.41) is 7.77. The van der Waals surface area contributed by atoms with E-state index < -0.39 is 11.4 Å². The van der Waals surface area contributed by atoms with E-state index in [4.69, 9.17) is 15.2 Å². The van der Waals surface area contributed by atoms with Crippen LogP contribution in [0.25, 0.3) is 11.0 Å². The van der Waals surface area contributed by atoms with Gasteiger partial charge in [0.15, 0.2) is 11.3 Å². The normalized spacial score (nSPS) is 11.7. The minimum atomic E-state index is -0.534. The summed E-state index contributed by atoms with van der Waals surface area (Å²) in [6, 6.07) is 7.38. The van der Waals surface area contributed by atoms with Crippen molar-refractivity contribution in [2.45, 2.75) is 26.0 Å². The molecule has 1 amide bonds. The summed E-state index contributed by atoms with van der Waals surface area (Å²) in [6.07, 6.45) is 1.36. The van der Waals surface area contributed by atoms with E-state index in [1.54, 1.807) is 31.0 Å². The summed E-state index contributed by atoms with van der Waals surface area (Å²) in [7, 11) is 3.24. The standard InChI is InChI=1S/C19H24N6O3/c1-19(2,10-28-4)25-17-14(16(20)21-11-22-17)15(24-25)18(26)23-13-7-5-12(6-8-13)9-27-3/h5-8,11H,9-10H2,1-4H3,(H,23,26)(H2,20,21,22). The molecule has 148 valence electrons. The van der Waals surface area contributed by atoms with Gasteiger partial charge in [-0.3, -0.25) is 4.79 Å². The summed E-state index contributed by atoms with van der Waals surface area (Å²) < 4.78 is 12.0. The topological polar surface area (TPSA) is 117 Å². The van der Waals surface area contributed by atoms with E-state index in [0.717, 1.165) is 5.56 Å². The fourth-order valence-electron chi connectivity index (χ4n) is 3.01. The molecule has 2 heterocycles. The van der Waals surface area contributed by atoms with Gasteiger partial charge in [-0.2, -0.15) is 5.10 Å². The molecule has 28 heavy (non-hydrogen) atoms. The molecule has 2 aromatic heterocycles. The number of nitrogen functional groups attached to an aromatic ring is 1. The van der Waals surface area contributed by atoms with Gasteiger partial charge in [0.25, 0.3) is 5.91 Å². The molecule has 0 unspecified atom stereocenters. The molecule has 3 N–H and O–H groups in total. The summed E-state index contributed by atoms with van der Waals surface area (Å²) in [4.78, 5) is 21.2. The van der Waals surface area contributed by atoms with Crippen LogP contribution in [0.3, 0.4) is 0 Å². The number of methoxy groups -OCH3 is 2. The molecular weight excluding hydrogens is 360 g/mol. The zero-order valence-electron chi connectivity index (χ0n) is 16.4. The van der Waals surface area contributed by atoms with Crippen LogP contribution in [0.5, 0.6) is 0 Å². The second kappa shape index (κ2) is 7.91. The number of carbonyl (C=O) groups excluding carboxylic acids is 1. The van der Waals surface area contributed by atoms with Crippen molar-refractivity contribution in [3.63, 3.8) is 0 Å². The Hall–Kier alpha value is -3.04. The Morgan fingerprint density at radius 2 is 1.89 bits per heavy atom. The van der Waals surface area contributed by atoms with Crippen LogP contribution in [0.1, 0.15) is 29.9 Å². The van der Waals surface area contributed by atoms with Gasteiger partial charge in [0.05, 0.1) is 24.1 Å². The minimum Gasteiger partial charge on any atom is -0.383 e. The minimum absolute atomic E-state index is 0.165. The predicted molar refractivity (Wildman–Crippen MR) is 106 cm³/mol. The van der Waals surface area contributed by atoms with Crippen molar-refractivity contribution in [2.75, 3.05) is 31.9 Å². The van der Waals surface area contributed by atoms with Crippen LogP contribution in [-0.4, -0.2) is 46.5 Å². The molecule has 0 bridgehead atoms. The lowest BCUT2D eigenvalue weighted by molar-refractivity contribution is 0.0987. The average Bonchev–Trinajstić information content (AvgIpc) is 3.06. The molecule has 1 aromatic carbocycles. The van der Waals surface area contributed by atoms with Crippen molar-refractivity contribution in [2.24, 2.45) is 0 Å². The molecule has 0 atom stereocenters. The number of aromatic nitrogens is 4. The third-order valence-electron chi connectivity index (χ3n) is 4.30. The highest BCUT2D eigenvalue weighted by atomic mass is 16.5. The zero-order chi connectivity index (χ0) is 20.3. The van der Waals surface area contributed by atoms with Gasteiger partial charge >= 0.3 is 0 Å². The van der Waals surface area contributed by atoms with Crippen LogP contribution in [0.4, 0.5) is 11.5 Å².